The van der Waals surface area contributed by atoms with Crippen LogP contribution in [0.5, 0.6) is 0 Å². The fourth-order valence-electron chi connectivity index (χ4n) is 5.85. The normalized spacial score (nSPS) is 27.7. The van der Waals surface area contributed by atoms with Gasteiger partial charge in [-0.25, -0.2) is 9.97 Å². The Morgan fingerprint density at radius 3 is 2.69 bits per heavy atom. The van der Waals surface area contributed by atoms with Gasteiger partial charge in [-0.1, -0.05) is 6.92 Å². The number of nitrogens with two attached hydrogens (primary N) is 1. The first-order valence-electron chi connectivity index (χ1n) is 10.9. The summed E-state index contributed by atoms with van der Waals surface area (Å²) in [6.45, 7) is 4.33. The average Bonchev–Trinajstić information content (AvgIpc) is 3.09. The monoisotopic (exact) mass is 408 g/mol. The van der Waals surface area contributed by atoms with Crippen LogP contribution in [0.15, 0.2) is 23.0 Å². The molecule has 0 amide bonds. The standard InChI is InChI=1S/C22H28N6S/c1-14-2-4-21(18(14)23)7-9-28(10-8-21)16-12-24-17-19(26-27-20(17)25-16)22(5-6-22)15-3-11-29-13-15/h3,11-14,18H,2,4-10,23H2,1H3,(H,25,26,27). The first kappa shape index (κ1) is 17.8. The molecule has 2 atom stereocenters. The molecule has 3 aliphatic rings. The second-order valence-electron chi connectivity index (χ2n) is 9.48. The third-order valence-corrected chi connectivity index (χ3v) is 8.74. The van der Waals surface area contributed by atoms with Crippen LogP contribution < -0.4 is 10.6 Å². The van der Waals surface area contributed by atoms with Crippen LogP contribution in [0.3, 0.4) is 0 Å². The van der Waals surface area contributed by atoms with Gasteiger partial charge in [-0.2, -0.15) is 16.4 Å². The van der Waals surface area contributed by atoms with Gasteiger partial charge in [0, 0.05) is 24.5 Å². The smallest absolute Gasteiger partial charge is 0.201 e. The number of aromatic amines is 1. The second kappa shape index (κ2) is 6.25. The van der Waals surface area contributed by atoms with E-state index in [4.69, 9.17) is 15.7 Å². The summed E-state index contributed by atoms with van der Waals surface area (Å²) < 4.78 is 0. The molecule has 1 spiro atoms. The van der Waals surface area contributed by atoms with E-state index in [9.17, 15) is 0 Å². The van der Waals surface area contributed by atoms with Crippen LogP contribution in [0.25, 0.3) is 11.2 Å². The second-order valence-corrected chi connectivity index (χ2v) is 10.3. The SMILES string of the molecule is CC1CCC2(CCN(c3cnc4c(C5(c6ccsc6)CC5)[nH]nc4n3)CC2)C1N. The molecule has 4 heterocycles. The van der Waals surface area contributed by atoms with Crippen LogP contribution in [0.1, 0.15) is 56.7 Å². The van der Waals surface area contributed by atoms with Crippen LogP contribution in [0.4, 0.5) is 5.82 Å². The van der Waals surface area contributed by atoms with Gasteiger partial charge in [0.2, 0.25) is 5.65 Å². The summed E-state index contributed by atoms with van der Waals surface area (Å²) in [7, 11) is 0. The molecule has 0 radical (unpaired) electrons. The van der Waals surface area contributed by atoms with E-state index < -0.39 is 0 Å². The average molecular weight is 409 g/mol. The maximum absolute atomic E-state index is 6.58. The molecule has 1 aliphatic heterocycles. The van der Waals surface area contributed by atoms with E-state index in [0.29, 0.717) is 17.4 Å². The lowest BCUT2D eigenvalue weighted by Crippen LogP contribution is -2.48. The number of aromatic nitrogens is 4. The Bertz CT molecular complexity index is 1030. The maximum atomic E-state index is 6.58. The lowest BCUT2D eigenvalue weighted by Gasteiger charge is -2.43. The van der Waals surface area contributed by atoms with E-state index >= 15 is 0 Å². The molecule has 3 fully saturated rings. The van der Waals surface area contributed by atoms with Crippen molar-refractivity contribution in [2.75, 3.05) is 18.0 Å². The van der Waals surface area contributed by atoms with E-state index in [-0.39, 0.29) is 5.41 Å². The molecule has 29 heavy (non-hydrogen) atoms. The summed E-state index contributed by atoms with van der Waals surface area (Å²) in [5.41, 5.74) is 11.2. The molecule has 0 bridgehead atoms. The van der Waals surface area contributed by atoms with Crippen LogP contribution in [-0.4, -0.2) is 39.3 Å². The molecular formula is C22H28N6S. The highest BCUT2D eigenvalue weighted by Crippen LogP contribution is 2.54. The van der Waals surface area contributed by atoms with Gasteiger partial charge < -0.3 is 10.6 Å². The summed E-state index contributed by atoms with van der Waals surface area (Å²) in [5, 5.41) is 12.2. The number of anilines is 1. The minimum Gasteiger partial charge on any atom is -0.355 e. The first-order chi connectivity index (χ1) is 14.1. The van der Waals surface area contributed by atoms with Crippen LogP contribution in [0.2, 0.25) is 0 Å². The van der Waals surface area contributed by atoms with Crippen molar-refractivity contribution in [1.29, 1.82) is 0 Å². The number of nitrogens with one attached hydrogen (secondary N) is 1. The van der Waals surface area contributed by atoms with E-state index in [2.05, 4.69) is 38.8 Å². The summed E-state index contributed by atoms with van der Waals surface area (Å²) in [6.07, 6.45) is 9.11. The van der Waals surface area contributed by atoms with Gasteiger partial charge >= 0.3 is 0 Å². The highest BCUT2D eigenvalue weighted by Gasteiger charge is 2.49. The Morgan fingerprint density at radius 2 is 2.03 bits per heavy atom. The Labute approximate surface area is 174 Å². The summed E-state index contributed by atoms with van der Waals surface area (Å²) in [5.74, 6) is 1.60. The zero-order chi connectivity index (χ0) is 19.6. The topological polar surface area (TPSA) is 83.7 Å². The van der Waals surface area contributed by atoms with Crippen molar-refractivity contribution in [2.24, 2.45) is 17.1 Å². The largest absolute Gasteiger partial charge is 0.355 e. The molecule has 6 rings (SSSR count). The molecule has 3 aromatic heterocycles. The number of hydrogen-bond acceptors (Lipinski definition) is 6. The van der Waals surface area contributed by atoms with E-state index in [1.807, 2.05) is 6.20 Å². The molecule has 2 aliphatic carbocycles. The number of hydrogen-bond donors (Lipinski definition) is 2. The predicted octanol–water partition coefficient (Wildman–Crippen LogP) is 3.84. The minimum absolute atomic E-state index is 0.0672. The lowest BCUT2D eigenvalue weighted by molar-refractivity contribution is 0.186. The van der Waals surface area contributed by atoms with E-state index in [1.54, 1.807) is 11.3 Å². The molecule has 0 aromatic carbocycles. The lowest BCUT2D eigenvalue weighted by atomic mass is 9.73. The van der Waals surface area contributed by atoms with Gasteiger partial charge in [-0.15, -0.1) is 0 Å². The number of rotatable bonds is 3. The van der Waals surface area contributed by atoms with Crippen LogP contribution >= 0.6 is 11.3 Å². The predicted molar refractivity (Wildman–Crippen MR) is 116 cm³/mol. The summed E-state index contributed by atoms with van der Waals surface area (Å²) in [6, 6.07) is 2.57. The Morgan fingerprint density at radius 1 is 1.21 bits per heavy atom. The van der Waals surface area contributed by atoms with Crippen molar-refractivity contribution < 1.29 is 0 Å². The van der Waals surface area contributed by atoms with Crippen molar-refractivity contribution in [3.63, 3.8) is 0 Å². The van der Waals surface area contributed by atoms with Crippen LogP contribution in [0, 0.1) is 11.3 Å². The molecule has 3 aromatic rings. The molecule has 6 nitrogen and oxygen atoms in total. The van der Waals surface area contributed by atoms with Gasteiger partial charge in [-0.05, 0) is 72.2 Å². The Hall–Kier alpha value is -1.99. The van der Waals surface area contributed by atoms with Crippen molar-refractivity contribution in [2.45, 2.75) is 56.9 Å². The molecule has 2 unspecified atom stereocenters. The van der Waals surface area contributed by atoms with Crippen molar-refractivity contribution in [1.82, 2.24) is 20.2 Å². The number of H-pyrrole nitrogens is 1. The summed E-state index contributed by atoms with van der Waals surface area (Å²) in [4.78, 5) is 12.1. The number of thiophene rings is 1. The van der Waals surface area contributed by atoms with Crippen LogP contribution in [-0.2, 0) is 5.41 Å². The van der Waals surface area contributed by atoms with Gasteiger partial charge in [-0.3, -0.25) is 5.10 Å². The number of piperidine rings is 1. The van der Waals surface area contributed by atoms with Gasteiger partial charge in [0.25, 0.3) is 0 Å². The Balaban J connectivity index is 1.25. The first-order valence-corrected chi connectivity index (χ1v) is 11.8. The van der Waals surface area contributed by atoms with Gasteiger partial charge in [0.1, 0.15) is 11.3 Å². The fourth-order valence-corrected chi connectivity index (χ4v) is 6.60. The molecular weight excluding hydrogens is 380 g/mol. The van der Waals surface area contributed by atoms with Crippen molar-refractivity contribution in [3.8, 4) is 0 Å². The quantitative estimate of drug-likeness (QED) is 0.688. The molecule has 2 saturated carbocycles. The molecule has 7 heteroatoms. The fraction of sp³-hybridized carbons (Fsp3) is 0.591. The molecule has 3 N–H and O–H groups in total. The highest BCUT2D eigenvalue weighted by molar-refractivity contribution is 7.08. The van der Waals surface area contributed by atoms with E-state index in [0.717, 1.165) is 61.4 Å². The van der Waals surface area contributed by atoms with Crippen molar-refractivity contribution >= 4 is 28.3 Å². The number of fused-ring (bicyclic) bond motifs is 1. The Kier molecular flexibility index (Phi) is 3.84. The third-order valence-electron chi connectivity index (χ3n) is 8.06. The zero-order valence-corrected chi connectivity index (χ0v) is 17.7. The third kappa shape index (κ3) is 2.60. The van der Waals surface area contributed by atoms with E-state index in [1.165, 1.54) is 18.4 Å². The highest BCUT2D eigenvalue weighted by atomic mass is 32.1. The number of nitrogens with zero attached hydrogens (tertiary/aromatic N) is 4. The minimum atomic E-state index is 0.0672. The molecule has 1 saturated heterocycles. The van der Waals surface area contributed by atoms with Gasteiger partial charge in [0.05, 0.1) is 11.9 Å². The zero-order valence-electron chi connectivity index (χ0n) is 16.9. The summed E-state index contributed by atoms with van der Waals surface area (Å²) >= 11 is 1.75. The van der Waals surface area contributed by atoms with Gasteiger partial charge in [0.15, 0.2) is 0 Å². The maximum Gasteiger partial charge on any atom is 0.201 e. The molecule has 152 valence electrons. The van der Waals surface area contributed by atoms with Crippen molar-refractivity contribution in [3.05, 3.63) is 34.3 Å².